The van der Waals surface area contributed by atoms with E-state index in [2.05, 4.69) is 0 Å². The predicted octanol–water partition coefficient (Wildman–Crippen LogP) is 4.42. The first-order chi connectivity index (χ1) is 13.8. The molecule has 1 aliphatic rings. The molecule has 1 heterocycles. The third-order valence-electron chi connectivity index (χ3n) is 5.02. The minimum absolute atomic E-state index is 0.174. The molecule has 0 bridgehead atoms. The zero-order valence-electron chi connectivity index (χ0n) is 17.1. The Bertz CT molecular complexity index is 793. The molecule has 154 valence electrons. The second-order valence-corrected chi connectivity index (χ2v) is 8.27. The molecule has 0 spiro atoms. The van der Waals surface area contributed by atoms with Gasteiger partial charge in [0.1, 0.15) is 5.60 Å². The second kappa shape index (κ2) is 8.55. The molecule has 1 N–H and O–H groups in total. The molecule has 0 radical (unpaired) electrons. The van der Waals surface area contributed by atoms with Crippen LogP contribution < -0.4 is 0 Å². The first-order valence-corrected chi connectivity index (χ1v) is 9.83. The Hall–Kier alpha value is -3.02. The number of carbonyl (C=O) groups is 2. The Morgan fingerprint density at radius 1 is 0.966 bits per heavy atom. The van der Waals surface area contributed by atoms with Crippen molar-refractivity contribution in [3.63, 3.8) is 0 Å². The largest absolute Gasteiger partial charge is 0.465 e. The molecule has 6 nitrogen and oxygen atoms in total. The molecule has 1 fully saturated rings. The fourth-order valence-corrected chi connectivity index (χ4v) is 3.77. The Kier molecular flexibility index (Phi) is 6.11. The molecule has 29 heavy (non-hydrogen) atoms. The van der Waals surface area contributed by atoms with Gasteiger partial charge in [-0.25, -0.2) is 9.59 Å². The molecule has 3 rings (SSSR count). The first-order valence-electron chi connectivity index (χ1n) is 9.83. The number of hydrogen-bond acceptors (Lipinski definition) is 3. The van der Waals surface area contributed by atoms with Crippen LogP contribution in [0.1, 0.15) is 37.8 Å². The smallest absolute Gasteiger partial charge is 0.410 e. The number of nitrogens with zero attached hydrogens (tertiary/aromatic N) is 2. The number of rotatable bonds is 3. The summed E-state index contributed by atoms with van der Waals surface area (Å²) < 4.78 is 5.65. The van der Waals surface area contributed by atoms with E-state index in [0.29, 0.717) is 6.54 Å². The number of carbonyl (C=O) groups excluding carboxylic acids is 1. The average molecular weight is 396 g/mol. The van der Waals surface area contributed by atoms with E-state index >= 15 is 0 Å². The van der Waals surface area contributed by atoms with Gasteiger partial charge in [0.05, 0.1) is 6.04 Å². The van der Waals surface area contributed by atoms with Crippen molar-refractivity contribution >= 4 is 12.2 Å². The van der Waals surface area contributed by atoms with E-state index < -0.39 is 17.8 Å². The highest BCUT2D eigenvalue weighted by atomic mass is 16.6. The van der Waals surface area contributed by atoms with Crippen LogP contribution in [0.25, 0.3) is 0 Å². The minimum Gasteiger partial charge on any atom is -0.465 e. The van der Waals surface area contributed by atoms with E-state index in [1.165, 1.54) is 4.90 Å². The predicted molar refractivity (Wildman–Crippen MR) is 111 cm³/mol. The highest BCUT2D eigenvalue weighted by molar-refractivity contribution is 5.70. The van der Waals surface area contributed by atoms with Crippen molar-refractivity contribution in [2.75, 3.05) is 19.6 Å². The summed E-state index contributed by atoms with van der Waals surface area (Å²) in [4.78, 5) is 27.8. The van der Waals surface area contributed by atoms with Crippen LogP contribution in [0, 0.1) is 0 Å². The molecule has 6 heteroatoms. The Labute approximate surface area is 171 Å². The van der Waals surface area contributed by atoms with Gasteiger partial charge in [-0.3, -0.25) is 0 Å². The van der Waals surface area contributed by atoms with Gasteiger partial charge in [0.15, 0.2) is 0 Å². The van der Waals surface area contributed by atoms with Crippen molar-refractivity contribution in [1.82, 2.24) is 9.80 Å². The van der Waals surface area contributed by atoms with Crippen molar-refractivity contribution in [2.45, 2.75) is 38.3 Å². The van der Waals surface area contributed by atoms with Crippen LogP contribution in [0.3, 0.4) is 0 Å². The number of amides is 2. The third kappa shape index (κ3) is 5.08. The maximum atomic E-state index is 13.0. The quantitative estimate of drug-likeness (QED) is 0.834. The van der Waals surface area contributed by atoms with Gasteiger partial charge in [0.25, 0.3) is 0 Å². The Morgan fingerprint density at radius 3 is 1.93 bits per heavy atom. The van der Waals surface area contributed by atoms with Crippen LogP contribution in [-0.4, -0.2) is 58.4 Å². The van der Waals surface area contributed by atoms with Gasteiger partial charge in [-0.2, -0.15) is 0 Å². The number of carboxylic acid groups (broad SMARTS) is 1. The van der Waals surface area contributed by atoms with Gasteiger partial charge in [-0.1, -0.05) is 60.7 Å². The summed E-state index contributed by atoms with van der Waals surface area (Å²) in [6, 6.07) is 19.4. The topological polar surface area (TPSA) is 70.1 Å². The zero-order valence-corrected chi connectivity index (χ0v) is 17.1. The fraction of sp³-hybridized carbons (Fsp3) is 0.391. The standard InChI is InChI=1S/C23H28N2O4/c1-23(2,3)29-22(28)25-15-14-24(21(26)27)16-19(25)20(17-10-6-4-7-11-17)18-12-8-5-9-13-18/h4-13,19-20H,14-16H2,1-3H3,(H,26,27)/t19-/m0/s1. The van der Waals surface area contributed by atoms with E-state index in [9.17, 15) is 14.7 Å². The minimum atomic E-state index is -0.973. The maximum Gasteiger partial charge on any atom is 0.410 e. The number of hydrogen-bond donors (Lipinski definition) is 1. The molecule has 0 aliphatic carbocycles. The van der Waals surface area contributed by atoms with Crippen LogP contribution in [0.5, 0.6) is 0 Å². The van der Waals surface area contributed by atoms with Gasteiger partial charge >= 0.3 is 12.2 Å². The Morgan fingerprint density at radius 2 is 1.48 bits per heavy atom. The van der Waals surface area contributed by atoms with Crippen molar-refractivity contribution in [1.29, 1.82) is 0 Å². The van der Waals surface area contributed by atoms with Crippen LogP contribution in [0.4, 0.5) is 9.59 Å². The lowest BCUT2D eigenvalue weighted by Gasteiger charge is -2.44. The highest BCUT2D eigenvalue weighted by Gasteiger charge is 2.40. The summed E-state index contributed by atoms with van der Waals surface area (Å²) in [6.45, 7) is 6.28. The van der Waals surface area contributed by atoms with Crippen molar-refractivity contribution in [3.8, 4) is 0 Å². The summed E-state index contributed by atoms with van der Waals surface area (Å²) in [5, 5.41) is 9.58. The summed E-state index contributed by atoms with van der Waals surface area (Å²) in [7, 11) is 0. The summed E-state index contributed by atoms with van der Waals surface area (Å²) in [5.74, 6) is -0.174. The summed E-state index contributed by atoms with van der Waals surface area (Å²) >= 11 is 0. The SMILES string of the molecule is CC(C)(C)OC(=O)N1CCN(C(=O)O)C[C@H]1C(c1ccccc1)c1ccccc1. The number of benzene rings is 2. The lowest BCUT2D eigenvalue weighted by molar-refractivity contribution is -0.00258. The fourth-order valence-electron chi connectivity index (χ4n) is 3.77. The van der Waals surface area contributed by atoms with E-state index in [1.54, 1.807) is 4.90 Å². The lowest BCUT2D eigenvalue weighted by atomic mass is 9.83. The van der Waals surface area contributed by atoms with Gasteiger partial charge in [-0.15, -0.1) is 0 Å². The number of piperazine rings is 1. The van der Waals surface area contributed by atoms with Gasteiger partial charge in [0.2, 0.25) is 0 Å². The Balaban J connectivity index is 2.04. The molecule has 1 aliphatic heterocycles. The van der Waals surface area contributed by atoms with Crippen LogP contribution in [0.15, 0.2) is 60.7 Å². The molecular weight excluding hydrogens is 368 g/mol. The molecule has 0 saturated carbocycles. The number of ether oxygens (including phenoxy) is 1. The first kappa shape index (κ1) is 20.7. The molecular formula is C23H28N2O4. The van der Waals surface area contributed by atoms with Gasteiger partial charge < -0.3 is 19.6 Å². The van der Waals surface area contributed by atoms with Crippen molar-refractivity contribution in [2.24, 2.45) is 0 Å². The summed E-state index contributed by atoms with van der Waals surface area (Å²) in [6.07, 6.45) is -1.39. The molecule has 1 saturated heterocycles. The molecule has 1 atom stereocenters. The van der Waals surface area contributed by atoms with Gasteiger partial charge in [-0.05, 0) is 31.9 Å². The van der Waals surface area contributed by atoms with E-state index in [-0.39, 0.29) is 25.0 Å². The third-order valence-corrected chi connectivity index (χ3v) is 5.02. The van der Waals surface area contributed by atoms with Gasteiger partial charge in [0, 0.05) is 25.6 Å². The average Bonchev–Trinajstić information content (AvgIpc) is 2.68. The van der Waals surface area contributed by atoms with E-state index in [4.69, 9.17) is 4.74 Å². The molecule has 0 aromatic heterocycles. The zero-order chi connectivity index (χ0) is 21.0. The summed E-state index contributed by atoms with van der Waals surface area (Å²) in [5.41, 5.74) is 1.44. The monoisotopic (exact) mass is 396 g/mol. The molecule has 2 aromatic rings. The molecule has 2 aromatic carbocycles. The normalized spacial score (nSPS) is 17.3. The van der Waals surface area contributed by atoms with E-state index in [0.717, 1.165) is 11.1 Å². The van der Waals surface area contributed by atoms with Crippen molar-refractivity contribution < 1.29 is 19.4 Å². The van der Waals surface area contributed by atoms with Crippen LogP contribution in [-0.2, 0) is 4.74 Å². The van der Waals surface area contributed by atoms with Crippen LogP contribution in [0.2, 0.25) is 0 Å². The van der Waals surface area contributed by atoms with Crippen molar-refractivity contribution in [3.05, 3.63) is 71.8 Å². The van der Waals surface area contributed by atoms with E-state index in [1.807, 2.05) is 81.4 Å². The molecule has 2 amide bonds. The highest BCUT2D eigenvalue weighted by Crippen LogP contribution is 2.33. The molecule has 0 unspecified atom stereocenters. The maximum absolute atomic E-state index is 13.0. The van der Waals surface area contributed by atoms with Crippen LogP contribution >= 0.6 is 0 Å². The lowest BCUT2D eigenvalue weighted by Crippen LogP contribution is -2.59. The second-order valence-electron chi connectivity index (χ2n) is 8.27.